The highest BCUT2D eigenvalue weighted by Gasteiger charge is 2.32. The number of ether oxygens (including phenoxy) is 1. The largest absolute Gasteiger partial charge is 0.496 e. The Hall–Kier alpha value is -2.33. The molecular formula is C21H25NO3. The predicted molar refractivity (Wildman–Crippen MR) is 97.9 cm³/mol. The Labute approximate surface area is 149 Å². The maximum atomic E-state index is 11.5. The van der Waals surface area contributed by atoms with E-state index >= 15 is 0 Å². The monoisotopic (exact) mass is 339 g/mol. The molecule has 0 amide bonds. The van der Waals surface area contributed by atoms with Crippen molar-refractivity contribution in [2.24, 2.45) is 5.92 Å². The second kappa shape index (κ2) is 7.70. The Morgan fingerprint density at radius 2 is 1.92 bits per heavy atom. The van der Waals surface area contributed by atoms with E-state index in [0.717, 1.165) is 30.7 Å². The number of carboxylic acids is 1. The molecule has 0 aromatic heterocycles. The lowest BCUT2D eigenvalue weighted by atomic mass is 9.90. The lowest BCUT2D eigenvalue weighted by Crippen LogP contribution is -2.41. The molecule has 1 heterocycles. The predicted octanol–water partition coefficient (Wildman–Crippen LogP) is 3.89. The third-order valence-electron chi connectivity index (χ3n) is 4.99. The van der Waals surface area contributed by atoms with Gasteiger partial charge in [-0.3, -0.25) is 9.69 Å². The Kier molecular flexibility index (Phi) is 5.39. The first-order chi connectivity index (χ1) is 12.1. The summed E-state index contributed by atoms with van der Waals surface area (Å²) in [5, 5.41) is 9.46. The number of rotatable bonds is 5. The fourth-order valence-electron chi connectivity index (χ4n) is 3.67. The highest BCUT2D eigenvalue weighted by molar-refractivity contribution is 5.70. The Morgan fingerprint density at radius 3 is 2.60 bits per heavy atom. The minimum absolute atomic E-state index is 0.00102. The number of aryl methyl sites for hydroxylation is 1. The van der Waals surface area contributed by atoms with E-state index in [1.54, 1.807) is 7.11 Å². The van der Waals surface area contributed by atoms with E-state index in [-0.39, 0.29) is 12.0 Å². The number of hydrogen-bond acceptors (Lipinski definition) is 3. The fraction of sp³-hybridized carbons (Fsp3) is 0.381. The van der Waals surface area contributed by atoms with Gasteiger partial charge in [0, 0.05) is 12.1 Å². The van der Waals surface area contributed by atoms with Crippen LogP contribution in [0.25, 0.3) is 0 Å². The Balaban J connectivity index is 2.02. The molecule has 0 radical (unpaired) electrons. The normalized spacial score (nSPS) is 19.4. The molecule has 1 aliphatic rings. The van der Waals surface area contributed by atoms with Crippen molar-refractivity contribution in [2.45, 2.75) is 25.8 Å². The maximum absolute atomic E-state index is 11.5. The van der Waals surface area contributed by atoms with Crippen LogP contribution in [0.4, 0.5) is 0 Å². The number of hydrogen-bond donors (Lipinski definition) is 1. The first kappa shape index (κ1) is 17.5. The highest BCUT2D eigenvalue weighted by atomic mass is 16.5. The Bertz CT molecular complexity index is 726. The molecule has 1 fully saturated rings. The minimum Gasteiger partial charge on any atom is -0.496 e. The van der Waals surface area contributed by atoms with Crippen LogP contribution in [0.5, 0.6) is 5.75 Å². The minimum atomic E-state index is -0.701. The van der Waals surface area contributed by atoms with E-state index < -0.39 is 5.97 Å². The van der Waals surface area contributed by atoms with Crippen molar-refractivity contribution < 1.29 is 14.6 Å². The molecule has 1 N–H and O–H groups in total. The van der Waals surface area contributed by atoms with Gasteiger partial charge in [0.2, 0.25) is 0 Å². The van der Waals surface area contributed by atoms with Gasteiger partial charge in [0.25, 0.3) is 0 Å². The van der Waals surface area contributed by atoms with Crippen LogP contribution in [0.3, 0.4) is 0 Å². The summed E-state index contributed by atoms with van der Waals surface area (Å²) in [4.78, 5) is 13.8. The number of aliphatic carboxylic acids is 1. The lowest BCUT2D eigenvalue weighted by Gasteiger charge is -2.38. The summed E-state index contributed by atoms with van der Waals surface area (Å²) in [6, 6.07) is 16.5. The van der Waals surface area contributed by atoms with Crippen LogP contribution >= 0.6 is 0 Å². The molecule has 0 aliphatic carbocycles. The number of piperidine rings is 1. The second-order valence-corrected chi connectivity index (χ2v) is 6.73. The molecule has 0 bridgehead atoms. The molecule has 4 heteroatoms. The van der Waals surface area contributed by atoms with E-state index in [9.17, 15) is 9.90 Å². The van der Waals surface area contributed by atoms with Crippen LogP contribution < -0.4 is 4.74 Å². The van der Waals surface area contributed by atoms with Gasteiger partial charge >= 0.3 is 5.97 Å². The van der Waals surface area contributed by atoms with Crippen molar-refractivity contribution >= 4 is 5.97 Å². The summed E-state index contributed by atoms with van der Waals surface area (Å²) in [6.07, 6.45) is 1.65. The first-order valence-corrected chi connectivity index (χ1v) is 8.76. The topological polar surface area (TPSA) is 49.8 Å². The molecule has 25 heavy (non-hydrogen) atoms. The van der Waals surface area contributed by atoms with Gasteiger partial charge in [-0.1, -0.05) is 48.0 Å². The smallest absolute Gasteiger partial charge is 0.307 e. The molecule has 1 aliphatic heterocycles. The lowest BCUT2D eigenvalue weighted by molar-refractivity contribution is -0.143. The summed E-state index contributed by atoms with van der Waals surface area (Å²) >= 11 is 0. The molecule has 2 unspecified atom stereocenters. The zero-order valence-electron chi connectivity index (χ0n) is 14.8. The van der Waals surface area contributed by atoms with E-state index in [0.29, 0.717) is 6.54 Å². The molecular weight excluding hydrogens is 314 g/mol. The number of nitrogens with zero attached hydrogens (tertiary/aromatic N) is 1. The van der Waals surface area contributed by atoms with Crippen molar-refractivity contribution in [3.8, 4) is 5.75 Å². The van der Waals surface area contributed by atoms with Gasteiger partial charge in [-0.15, -0.1) is 0 Å². The third-order valence-corrected chi connectivity index (χ3v) is 4.99. The van der Waals surface area contributed by atoms with Gasteiger partial charge in [0.15, 0.2) is 0 Å². The molecule has 1 saturated heterocycles. The van der Waals surface area contributed by atoms with Crippen LogP contribution in [-0.4, -0.2) is 36.2 Å². The van der Waals surface area contributed by atoms with E-state index in [2.05, 4.69) is 42.2 Å². The number of likely N-dealkylation sites (tertiary alicyclic amines) is 1. The zero-order valence-corrected chi connectivity index (χ0v) is 14.8. The highest BCUT2D eigenvalue weighted by Crippen LogP contribution is 2.37. The van der Waals surface area contributed by atoms with Crippen molar-refractivity contribution in [3.05, 3.63) is 65.2 Å². The quantitative estimate of drug-likeness (QED) is 0.898. The molecule has 2 aromatic rings. The number of carboxylic acid groups (broad SMARTS) is 1. The Morgan fingerprint density at radius 1 is 1.20 bits per heavy atom. The SMILES string of the molecule is COc1ccccc1C(c1ccc(C)cc1)N1CCCC(C(=O)O)C1. The number of para-hydroxylation sites is 1. The summed E-state index contributed by atoms with van der Waals surface area (Å²) in [5.41, 5.74) is 3.46. The van der Waals surface area contributed by atoms with Gasteiger partial charge < -0.3 is 9.84 Å². The van der Waals surface area contributed by atoms with Crippen LogP contribution in [-0.2, 0) is 4.79 Å². The van der Waals surface area contributed by atoms with Crippen molar-refractivity contribution in [1.82, 2.24) is 4.90 Å². The van der Waals surface area contributed by atoms with Crippen LogP contribution in [0.2, 0.25) is 0 Å². The van der Waals surface area contributed by atoms with Crippen molar-refractivity contribution in [2.75, 3.05) is 20.2 Å². The van der Waals surface area contributed by atoms with Crippen molar-refractivity contribution in [3.63, 3.8) is 0 Å². The van der Waals surface area contributed by atoms with Crippen LogP contribution in [0.15, 0.2) is 48.5 Å². The molecule has 0 spiro atoms. The third kappa shape index (κ3) is 3.85. The summed E-state index contributed by atoms with van der Waals surface area (Å²) in [7, 11) is 1.68. The van der Waals surface area contributed by atoms with Crippen LogP contribution in [0.1, 0.15) is 35.6 Å². The van der Waals surface area contributed by atoms with Crippen LogP contribution in [0, 0.1) is 12.8 Å². The number of carbonyl (C=O) groups is 1. The molecule has 2 aromatic carbocycles. The summed E-state index contributed by atoms with van der Waals surface area (Å²) in [5.74, 6) is -0.172. The molecule has 2 atom stereocenters. The molecule has 132 valence electrons. The van der Waals surface area contributed by atoms with E-state index in [1.807, 2.05) is 18.2 Å². The molecule has 3 rings (SSSR count). The van der Waals surface area contributed by atoms with Gasteiger partial charge in [-0.2, -0.15) is 0 Å². The second-order valence-electron chi connectivity index (χ2n) is 6.73. The van der Waals surface area contributed by atoms with Gasteiger partial charge in [-0.05, 0) is 37.9 Å². The fourth-order valence-corrected chi connectivity index (χ4v) is 3.67. The molecule has 4 nitrogen and oxygen atoms in total. The average Bonchev–Trinajstić information content (AvgIpc) is 2.64. The number of methoxy groups -OCH3 is 1. The number of benzene rings is 2. The summed E-state index contributed by atoms with van der Waals surface area (Å²) < 4.78 is 5.59. The maximum Gasteiger partial charge on any atom is 0.307 e. The average molecular weight is 339 g/mol. The van der Waals surface area contributed by atoms with Gasteiger partial charge in [-0.25, -0.2) is 0 Å². The summed E-state index contributed by atoms with van der Waals surface area (Å²) in [6.45, 7) is 3.52. The standard InChI is InChI=1S/C21H25NO3/c1-15-9-11-16(12-10-15)20(18-7-3-4-8-19(18)25-2)22-13-5-6-17(14-22)21(23)24/h3-4,7-12,17,20H,5-6,13-14H2,1-2H3,(H,23,24). The van der Waals surface area contributed by atoms with E-state index in [4.69, 9.17) is 4.74 Å². The molecule has 0 saturated carbocycles. The van der Waals surface area contributed by atoms with E-state index in [1.165, 1.54) is 11.1 Å². The van der Waals surface area contributed by atoms with Gasteiger partial charge in [0.05, 0.1) is 19.1 Å². The first-order valence-electron chi connectivity index (χ1n) is 8.76. The zero-order chi connectivity index (χ0) is 17.8. The van der Waals surface area contributed by atoms with Gasteiger partial charge in [0.1, 0.15) is 5.75 Å². The van der Waals surface area contributed by atoms with Crippen molar-refractivity contribution in [1.29, 1.82) is 0 Å².